The summed E-state index contributed by atoms with van der Waals surface area (Å²) in [6.45, 7) is 8.99. The standard InChI is InChI=1S/C23H31N3O3/c1-16(13-21(27)29-23(2,3)4)22(28)25-18-9-11-26(12-10-18)19-14-17-7-5-6-8-20(17)24-15-19/h5-8,14-16,18H,9-13H2,1-4H3,(H,25,28). The molecule has 1 fully saturated rings. The van der Waals surface area contributed by atoms with Crippen LogP contribution in [0.25, 0.3) is 10.9 Å². The molecular weight excluding hydrogens is 366 g/mol. The Morgan fingerprint density at radius 3 is 2.62 bits per heavy atom. The van der Waals surface area contributed by atoms with Gasteiger partial charge in [0.2, 0.25) is 5.91 Å². The van der Waals surface area contributed by atoms with E-state index in [0.29, 0.717) is 0 Å². The molecule has 1 aromatic heterocycles. The zero-order valence-corrected chi connectivity index (χ0v) is 17.8. The topological polar surface area (TPSA) is 71.5 Å². The van der Waals surface area contributed by atoms with Crippen molar-refractivity contribution in [3.63, 3.8) is 0 Å². The van der Waals surface area contributed by atoms with E-state index >= 15 is 0 Å². The number of carbonyl (C=O) groups is 2. The molecule has 1 aliphatic heterocycles. The number of hydrogen-bond donors (Lipinski definition) is 1. The van der Waals surface area contributed by atoms with E-state index in [1.807, 2.05) is 45.2 Å². The van der Waals surface area contributed by atoms with Crippen LogP contribution in [0, 0.1) is 5.92 Å². The molecule has 1 unspecified atom stereocenters. The van der Waals surface area contributed by atoms with Crippen molar-refractivity contribution in [2.45, 2.75) is 58.6 Å². The van der Waals surface area contributed by atoms with Gasteiger partial charge >= 0.3 is 5.97 Å². The van der Waals surface area contributed by atoms with Gasteiger partial charge in [0.1, 0.15) is 5.60 Å². The number of aromatic nitrogens is 1. The molecule has 156 valence electrons. The van der Waals surface area contributed by atoms with Crippen LogP contribution in [0.15, 0.2) is 36.5 Å². The van der Waals surface area contributed by atoms with Crippen molar-refractivity contribution in [3.05, 3.63) is 36.5 Å². The molecule has 29 heavy (non-hydrogen) atoms. The summed E-state index contributed by atoms with van der Waals surface area (Å²) < 4.78 is 5.31. The molecule has 1 aromatic carbocycles. The quantitative estimate of drug-likeness (QED) is 0.779. The number of pyridine rings is 1. The number of carbonyl (C=O) groups excluding carboxylic acids is 2. The maximum absolute atomic E-state index is 12.5. The van der Waals surface area contributed by atoms with Crippen LogP contribution < -0.4 is 10.2 Å². The number of esters is 1. The molecule has 0 spiro atoms. The van der Waals surface area contributed by atoms with Gasteiger partial charge in [-0.15, -0.1) is 0 Å². The Morgan fingerprint density at radius 1 is 1.24 bits per heavy atom. The third-order valence-corrected chi connectivity index (χ3v) is 5.12. The minimum atomic E-state index is -0.530. The van der Waals surface area contributed by atoms with Crippen LogP contribution >= 0.6 is 0 Å². The van der Waals surface area contributed by atoms with E-state index in [1.165, 1.54) is 0 Å². The van der Waals surface area contributed by atoms with Crippen molar-refractivity contribution in [3.8, 4) is 0 Å². The number of fused-ring (bicyclic) bond motifs is 1. The van der Waals surface area contributed by atoms with Crippen LogP contribution in [0.3, 0.4) is 0 Å². The van der Waals surface area contributed by atoms with Gasteiger partial charge < -0.3 is 15.0 Å². The number of hydrogen-bond acceptors (Lipinski definition) is 5. The molecule has 1 N–H and O–H groups in total. The van der Waals surface area contributed by atoms with Crippen molar-refractivity contribution in [2.75, 3.05) is 18.0 Å². The Bertz CT molecular complexity index is 867. The highest BCUT2D eigenvalue weighted by Crippen LogP contribution is 2.23. The lowest BCUT2D eigenvalue weighted by Crippen LogP contribution is -2.46. The number of para-hydroxylation sites is 1. The number of nitrogens with one attached hydrogen (secondary N) is 1. The number of amides is 1. The largest absolute Gasteiger partial charge is 0.460 e. The van der Waals surface area contributed by atoms with Crippen molar-refractivity contribution < 1.29 is 14.3 Å². The lowest BCUT2D eigenvalue weighted by atomic mass is 10.0. The SMILES string of the molecule is CC(CC(=O)OC(C)(C)C)C(=O)NC1CCN(c2cnc3ccccc3c2)CC1. The fourth-order valence-electron chi connectivity index (χ4n) is 3.58. The van der Waals surface area contributed by atoms with E-state index in [-0.39, 0.29) is 24.3 Å². The first kappa shape index (κ1) is 21.1. The lowest BCUT2D eigenvalue weighted by Gasteiger charge is -2.34. The fraction of sp³-hybridized carbons (Fsp3) is 0.522. The Hall–Kier alpha value is -2.63. The van der Waals surface area contributed by atoms with Crippen molar-refractivity contribution >= 4 is 28.5 Å². The highest BCUT2D eigenvalue weighted by Gasteiger charge is 2.26. The molecular formula is C23H31N3O3. The first-order chi connectivity index (χ1) is 13.7. The van der Waals surface area contributed by atoms with Crippen molar-refractivity contribution in [1.29, 1.82) is 0 Å². The molecule has 1 saturated heterocycles. The minimum absolute atomic E-state index is 0.0818. The van der Waals surface area contributed by atoms with Gasteiger partial charge in [-0.2, -0.15) is 0 Å². The van der Waals surface area contributed by atoms with E-state index < -0.39 is 11.5 Å². The van der Waals surface area contributed by atoms with Crippen LogP contribution in [0.5, 0.6) is 0 Å². The van der Waals surface area contributed by atoms with Gasteiger partial charge in [0.05, 0.1) is 23.8 Å². The molecule has 1 atom stereocenters. The average molecular weight is 398 g/mol. The van der Waals surface area contributed by atoms with E-state index in [0.717, 1.165) is 42.5 Å². The second-order valence-corrected chi connectivity index (χ2v) is 8.85. The number of benzene rings is 1. The van der Waals surface area contributed by atoms with Gasteiger partial charge in [-0.25, -0.2) is 0 Å². The number of rotatable bonds is 5. The number of ether oxygens (including phenoxy) is 1. The van der Waals surface area contributed by atoms with Crippen LogP contribution in [0.1, 0.15) is 47.0 Å². The Balaban J connectivity index is 1.48. The number of piperidine rings is 1. The molecule has 6 nitrogen and oxygen atoms in total. The summed E-state index contributed by atoms with van der Waals surface area (Å²) in [7, 11) is 0. The lowest BCUT2D eigenvalue weighted by molar-refractivity contribution is -0.157. The highest BCUT2D eigenvalue weighted by atomic mass is 16.6. The van der Waals surface area contributed by atoms with E-state index in [2.05, 4.69) is 27.3 Å². The predicted molar refractivity (Wildman–Crippen MR) is 115 cm³/mol. The van der Waals surface area contributed by atoms with Crippen molar-refractivity contribution in [2.24, 2.45) is 5.92 Å². The Morgan fingerprint density at radius 2 is 1.93 bits per heavy atom. The molecule has 2 aromatic rings. The van der Waals surface area contributed by atoms with E-state index in [4.69, 9.17) is 4.74 Å². The summed E-state index contributed by atoms with van der Waals surface area (Å²) in [5, 5.41) is 4.24. The summed E-state index contributed by atoms with van der Waals surface area (Å²) in [5.74, 6) is -0.812. The maximum atomic E-state index is 12.5. The molecule has 1 amide bonds. The normalized spacial score (nSPS) is 16.5. The van der Waals surface area contributed by atoms with Gasteiger partial charge in [-0.1, -0.05) is 25.1 Å². The summed E-state index contributed by atoms with van der Waals surface area (Å²) >= 11 is 0. The first-order valence-electron chi connectivity index (χ1n) is 10.3. The Labute approximate surface area is 172 Å². The van der Waals surface area contributed by atoms with Crippen LogP contribution in [0.4, 0.5) is 5.69 Å². The second-order valence-electron chi connectivity index (χ2n) is 8.85. The van der Waals surface area contributed by atoms with E-state index in [9.17, 15) is 9.59 Å². The predicted octanol–water partition coefficient (Wildman–Crippen LogP) is 3.69. The first-order valence-corrected chi connectivity index (χ1v) is 10.3. The van der Waals surface area contributed by atoms with Gasteiger partial charge in [0.25, 0.3) is 0 Å². The zero-order valence-electron chi connectivity index (χ0n) is 17.8. The van der Waals surface area contributed by atoms with Crippen LogP contribution in [0.2, 0.25) is 0 Å². The van der Waals surface area contributed by atoms with Gasteiger partial charge in [0, 0.05) is 30.4 Å². The number of anilines is 1. The molecule has 6 heteroatoms. The minimum Gasteiger partial charge on any atom is -0.460 e. The van der Waals surface area contributed by atoms with E-state index in [1.54, 1.807) is 6.92 Å². The van der Waals surface area contributed by atoms with Crippen LogP contribution in [-0.4, -0.2) is 41.6 Å². The fourth-order valence-corrected chi connectivity index (χ4v) is 3.58. The summed E-state index contributed by atoms with van der Waals surface area (Å²) in [6.07, 6.45) is 3.77. The third kappa shape index (κ3) is 5.92. The van der Waals surface area contributed by atoms with Gasteiger partial charge in [0.15, 0.2) is 0 Å². The molecule has 1 aliphatic rings. The van der Waals surface area contributed by atoms with Gasteiger partial charge in [-0.05, 0) is 45.7 Å². The molecule has 0 aliphatic carbocycles. The van der Waals surface area contributed by atoms with Crippen LogP contribution in [-0.2, 0) is 14.3 Å². The second kappa shape index (κ2) is 8.80. The molecule has 3 rings (SSSR count). The molecule has 0 radical (unpaired) electrons. The summed E-state index contributed by atoms with van der Waals surface area (Å²) in [4.78, 5) is 31.3. The number of nitrogens with zero attached hydrogens (tertiary/aromatic N) is 2. The average Bonchev–Trinajstić information content (AvgIpc) is 2.66. The monoisotopic (exact) mass is 397 g/mol. The molecule has 0 bridgehead atoms. The zero-order chi connectivity index (χ0) is 21.0. The molecule has 0 saturated carbocycles. The van der Waals surface area contributed by atoms with Crippen molar-refractivity contribution in [1.82, 2.24) is 10.3 Å². The van der Waals surface area contributed by atoms with Gasteiger partial charge in [-0.3, -0.25) is 14.6 Å². The summed E-state index contributed by atoms with van der Waals surface area (Å²) in [6, 6.07) is 10.4. The third-order valence-electron chi connectivity index (χ3n) is 5.12. The summed E-state index contributed by atoms with van der Waals surface area (Å²) in [5.41, 5.74) is 1.58. The smallest absolute Gasteiger partial charge is 0.307 e. The molecule has 2 heterocycles. The maximum Gasteiger partial charge on any atom is 0.307 e. The Kier molecular flexibility index (Phi) is 6.40. The highest BCUT2D eigenvalue weighted by molar-refractivity contribution is 5.84.